The molecule has 1 amide bonds. The summed E-state index contributed by atoms with van der Waals surface area (Å²) in [5.74, 6) is 0.669. The van der Waals surface area contributed by atoms with Gasteiger partial charge in [-0.2, -0.15) is 0 Å². The first-order valence-electron chi connectivity index (χ1n) is 7.85. The van der Waals surface area contributed by atoms with Gasteiger partial charge in [-0.25, -0.2) is 0 Å². The molecular weight excluding hydrogens is 288 g/mol. The molecule has 1 N–H and O–H groups in total. The monoisotopic (exact) mass is 312 g/mol. The number of nitrogens with zero attached hydrogens (tertiary/aromatic N) is 1. The smallest absolute Gasteiger partial charge is 0.238 e. The van der Waals surface area contributed by atoms with Crippen molar-refractivity contribution in [3.05, 3.63) is 60.2 Å². The van der Waals surface area contributed by atoms with Crippen molar-refractivity contribution in [2.45, 2.75) is 12.8 Å². The average Bonchev–Trinajstić information content (AvgIpc) is 2.53. The number of anilines is 1. The Morgan fingerprint density at radius 2 is 1.74 bits per heavy atom. The van der Waals surface area contributed by atoms with Crippen molar-refractivity contribution in [3.8, 4) is 5.75 Å². The van der Waals surface area contributed by atoms with Crippen LogP contribution in [-0.2, 0) is 11.2 Å². The van der Waals surface area contributed by atoms with Gasteiger partial charge < -0.3 is 15.0 Å². The van der Waals surface area contributed by atoms with Gasteiger partial charge in [0.2, 0.25) is 5.91 Å². The maximum absolute atomic E-state index is 11.9. The first-order chi connectivity index (χ1) is 11.1. The van der Waals surface area contributed by atoms with Gasteiger partial charge in [-0.15, -0.1) is 0 Å². The Hall–Kier alpha value is -2.33. The van der Waals surface area contributed by atoms with Gasteiger partial charge in [0.25, 0.3) is 0 Å². The highest BCUT2D eigenvalue weighted by molar-refractivity contribution is 5.93. The number of rotatable bonds is 8. The summed E-state index contributed by atoms with van der Waals surface area (Å²) in [5.41, 5.74) is 2.03. The molecule has 122 valence electrons. The van der Waals surface area contributed by atoms with E-state index < -0.39 is 0 Å². The number of ether oxygens (including phenoxy) is 1. The number of carbonyl (C=O) groups is 1. The molecule has 0 heterocycles. The molecule has 2 aromatic carbocycles. The second-order valence-corrected chi connectivity index (χ2v) is 5.72. The second-order valence-electron chi connectivity index (χ2n) is 5.72. The fourth-order valence-electron chi connectivity index (χ4n) is 2.28. The van der Waals surface area contributed by atoms with Crippen LogP contribution in [0.2, 0.25) is 0 Å². The van der Waals surface area contributed by atoms with E-state index in [0.29, 0.717) is 18.9 Å². The van der Waals surface area contributed by atoms with Crippen LogP contribution in [0, 0.1) is 0 Å². The van der Waals surface area contributed by atoms with Gasteiger partial charge in [0, 0.05) is 0 Å². The van der Waals surface area contributed by atoms with E-state index in [2.05, 4.69) is 17.4 Å². The van der Waals surface area contributed by atoms with Crippen LogP contribution in [0.5, 0.6) is 5.75 Å². The van der Waals surface area contributed by atoms with Crippen molar-refractivity contribution in [1.29, 1.82) is 0 Å². The lowest BCUT2D eigenvalue weighted by Gasteiger charge is -2.14. The highest BCUT2D eigenvalue weighted by Gasteiger charge is 2.08. The number of benzene rings is 2. The highest BCUT2D eigenvalue weighted by Crippen LogP contribution is 2.24. The third-order valence-corrected chi connectivity index (χ3v) is 3.33. The molecule has 0 fully saturated rings. The zero-order valence-electron chi connectivity index (χ0n) is 13.8. The summed E-state index contributed by atoms with van der Waals surface area (Å²) >= 11 is 0. The van der Waals surface area contributed by atoms with Crippen LogP contribution in [0.1, 0.15) is 12.0 Å². The van der Waals surface area contributed by atoms with Crippen molar-refractivity contribution in [2.75, 3.05) is 32.6 Å². The maximum Gasteiger partial charge on any atom is 0.238 e. The van der Waals surface area contributed by atoms with E-state index in [9.17, 15) is 4.79 Å². The fraction of sp³-hybridized carbons (Fsp3) is 0.316. The maximum atomic E-state index is 11.9. The minimum Gasteiger partial charge on any atom is -0.491 e. The number of hydrogen-bond donors (Lipinski definition) is 1. The Morgan fingerprint density at radius 1 is 1.04 bits per heavy atom. The summed E-state index contributed by atoms with van der Waals surface area (Å²) in [7, 11) is 3.73. The van der Waals surface area contributed by atoms with E-state index in [1.54, 1.807) is 0 Å². The summed E-state index contributed by atoms with van der Waals surface area (Å²) in [6, 6.07) is 17.9. The SMILES string of the molecule is CN(C)CC(=O)Nc1ccccc1OCCCc1ccccc1. The van der Waals surface area contributed by atoms with Crippen LogP contribution >= 0.6 is 0 Å². The van der Waals surface area contributed by atoms with Crippen LogP contribution in [-0.4, -0.2) is 38.1 Å². The molecule has 0 aliphatic carbocycles. The van der Waals surface area contributed by atoms with Gasteiger partial charge in [-0.3, -0.25) is 4.79 Å². The normalized spacial score (nSPS) is 10.6. The van der Waals surface area contributed by atoms with Crippen molar-refractivity contribution in [3.63, 3.8) is 0 Å². The van der Waals surface area contributed by atoms with Crippen molar-refractivity contribution >= 4 is 11.6 Å². The van der Waals surface area contributed by atoms with Crippen LogP contribution in [0.25, 0.3) is 0 Å². The van der Waals surface area contributed by atoms with Gasteiger partial charge in [-0.1, -0.05) is 42.5 Å². The van der Waals surface area contributed by atoms with E-state index in [1.807, 2.05) is 61.5 Å². The molecule has 0 spiro atoms. The number of carbonyl (C=O) groups excluding carboxylic acids is 1. The Morgan fingerprint density at radius 3 is 2.48 bits per heavy atom. The van der Waals surface area contributed by atoms with Gasteiger partial charge in [-0.05, 0) is 44.6 Å². The summed E-state index contributed by atoms with van der Waals surface area (Å²) in [6.07, 6.45) is 1.92. The first kappa shape index (κ1) is 17.0. The van der Waals surface area contributed by atoms with Gasteiger partial charge in [0.1, 0.15) is 5.75 Å². The molecular formula is C19H24N2O2. The molecule has 0 saturated carbocycles. The Kier molecular flexibility index (Phi) is 6.63. The zero-order valence-corrected chi connectivity index (χ0v) is 13.8. The van der Waals surface area contributed by atoms with E-state index in [1.165, 1.54) is 5.56 Å². The molecule has 0 atom stereocenters. The number of amides is 1. The predicted molar refractivity (Wildman–Crippen MR) is 93.9 cm³/mol. The predicted octanol–water partition coefficient (Wildman–Crippen LogP) is 3.20. The summed E-state index contributed by atoms with van der Waals surface area (Å²) in [6.45, 7) is 0.970. The lowest BCUT2D eigenvalue weighted by atomic mass is 10.1. The molecule has 0 bridgehead atoms. The van der Waals surface area contributed by atoms with Crippen LogP contribution < -0.4 is 10.1 Å². The third kappa shape index (κ3) is 6.12. The molecule has 23 heavy (non-hydrogen) atoms. The molecule has 2 aromatic rings. The largest absolute Gasteiger partial charge is 0.491 e. The summed E-state index contributed by atoms with van der Waals surface area (Å²) < 4.78 is 5.84. The Bertz CT molecular complexity index is 612. The molecule has 4 nitrogen and oxygen atoms in total. The average molecular weight is 312 g/mol. The van der Waals surface area contributed by atoms with Crippen molar-refractivity contribution in [2.24, 2.45) is 0 Å². The third-order valence-electron chi connectivity index (χ3n) is 3.33. The summed E-state index contributed by atoms with van der Waals surface area (Å²) in [4.78, 5) is 13.7. The van der Waals surface area contributed by atoms with E-state index in [-0.39, 0.29) is 5.91 Å². The Labute approximate surface area is 138 Å². The topological polar surface area (TPSA) is 41.6 Å². The molecule has 0 unspecified atom stereocenters. The van der Waals surface area contributed by atoms with Crippen LogP contribution in [0.4, 0.5) is 5.69 Å². The number of para-hydroxylation sites is 2. The minimum atomic E-state index is -0.0460. The number of hydrogen-bond acceptors (Lipinski definition) is 3. The van der Waals surface area contributed by atoms with Crippen LogP contribution in [0.15, 0.2) is 54.6 Å². The number of aryl methyl sites for hydroxylation is 1. The van der Waals surface area contributed by atoms with Gasteiger partial charge in [0.05, 0.1) is 18.8 Å². The standard InChI is InChI=1S/C19H24N2O2/c1-21(2)15-19(22)20-17-12-6-7-13-18(17)23-14-8-11-16-9-4-3-5-10-16/h3-7,9-10,12-13H,8,11,14-15H2,1-2H3,(H,20,22). The first-order valence-corrected chi connectivity index (χ1v) is 7.85. The molecule has 0 aliphatic heterocycles. The van der Waals surface area contributed by atoms with Gasteiger partial charge in [0.15, 0.2) is 0 Å². The quantitative estimate of drug-likeness (QED) is 0.761. The molecule has 0 aromatic heterocycles. The molecule has 0 aliphatic rings. The van der Waals surface area contributed by atoms with E-state index in [4.69, 9.17) is 4.74 Å². The number of nitrogens with one attached hydrogen (secondary N) is 1. The second kappa shape index (κ2) is 8.96. The molecule has 0 radical (unpaired) electrons. The minimum absolute atomic E-state index is 0.0460. The van der Waals surface area contributed by atoms with Crippen molar-refractivity contribution in [1.82, 2.24) is 4.90 Å². The molecule has 2 rings (SSSR count). The van der Waals surface area contributed by atoms with E-state index in [0.717, 1.165) is 18.5 Å². The lowest BCUT2D eigenvalue weighted by molar-refractivity contribution is -0.116. The molecule has 0 saturated heterocycles. The zero-order chi connectivity index (χ0) is 16.5. The number of likely N-dealkylation sites (N-methyl/N-ethyl adjacent to an activating group) is 1. The van der Waals surface area contributed by atoms with Crippen LogP contribution in [0.3, 0.4) is 0 Å². The summed E-state index contributed by atoms with van der Waals surface area (Å²) in [5, 5.41) is 2.89. The lowest BCUT2D eigenvalue weighted by Crippen LogP contribution is -2.27. The highest BCUT2D eigenvalue weighted by atomic mass is 16.5. The van der Waals surface area contributed by atoms with Crippen molar-refractivity contribution < 1.29 is 9.53 Å². The molecule has 4 heteroatoms. The fourth-order valence-corrected chi connectivity index (χ4v) is 2.28. The van der Waals surface area contributed by atoms with E-state index >= 15 is 0 Å². The van der Waals surface area contributed by atoms with Gasteiger partial charge >= 0.3 is 0 Å². The Balaban J connectivity index is 1.84.